The molecule has 4 aromatic rings. The lowest BCUT2D eigenvalue weighted by Gasteiger charge is -2.10. The Morgan fingerprint density at radius 2 is 1.73 bits per heavy atom. The number of fused-ring (bicyclic) bond motifs is 1. The minimum Gasteiger partial charge on any atom is -0.454 e. The maximum Gasteiger partial charge on any atom is 0.231 e. The molecule has 4 nitrogen and oxygen atoms in total. The zero-order valence-electron chi connectivity index (χ0n) is 15.7. The van der Waals surface area contributed by atoms with E-state index in [0.717, 1.165) is 33.1 Å². The van der Waals surface area contributed by atoms with Crippen molar-refractivity contribution in [1.82, 2.24) is 4.57 Å². The summed E-state index contributed by atoms with van der Waals surface area (Å²) in [6.45, 7) is 0.837. The first-order valence-corrected chi connectivity index (χ1v) is 10.5. The van der Waals surface area contributed by atoms with Crippen LogP contribution in [0.4, 0.5) is 10.1 Å². The normalized spacial score (nSPS) is 13.1. The van der Waals surface area contributed by atoms with E-state index in [-0.39, 0.29) is 12.6 Å². The van der Waals surface area contributed by atoms with Crippen LogP contribution < -0.4 is 14.3 Å². The van der Waals surface area contributed by atoms with Gasteiger partial charge in [-0.3, -0.25) is 0 Å². The SMILES string of the molecule is Fc1ccc(N=c2scc(-c3ccc(Cl)cc3)n2Cc2ccc3c(c2)OCO3)cc1. The molecule has 5 rings (SSSR count). The number of thiazole rings is 1. The average molecular weight is 439 g/mol. The fourth-order valence-corrected chi connectivity index (χ4v) is 4.33. The summed E-state index contributed by atoms with van der Waals surface area (Å²) in [6.07, 6.45) is 0. The van der Waals surface area contributed by atoms with Gasteiger partial charge in [-0.1, -0.05) is 29.8 Å². The molecule has 0 spiro atoms. The summed E-state index contributed by atoms with van der Waals surface area (Å²) >= 11 is 7.60. The molecule has 0 saturated heterocycles. The van der Waals surface area contributed by atoms with Gasteiger partial charge in [0.05, 0.1) is 17.9 Å². The van der Waals surface area contributed by atoms with Crippen molar-refractivity contribution in [2.24, 2.45) is 4.99 Å². The van der Waals surface area contributed by atoms with Crippen molar-refractivity contribution < 1.29 is 13.9 Å². The topological polar surface area (TPSA) is 35.8 Å². The van der Waals surface area contributed by atoms with Crippen molar-refractivity contribution in [2.45, 2.75) is 6.54 Å². The van der Waals surface area contributed by atoms with E-state index >= 15 is 0 Å². The Hall–Kier alpha value is -3.09. The minimum absolute atomic E-state index is 0.242. The molecule has 0 aliphatic carbocycles. The van der Waals surface area contributed by atoms with Gasteiger partial charge in [-0.25, -0.2) is 9.38 Å². The Bertz CT molecular complexity index is 1260. The highest BCUT2D eigenvalue weighted by atomic mass is 35.5. The first kappa shape index (κ1) is 18.9. The standard InChI is InChI=1S/C23H16ClFN2O2S/c24-17-4-2-16(3-5-17)20-13-30-23(26-19-8-6-18(25)7-9-19)27(20)12-15-1-10-21-22(11-15)29-14-28-21/h1-11,13H,12,14H2. The van der Waals surface area contributed by atoms with Gasteiger partial charge in [0.25, 0.3) is 0 Å². The zero-order valence-corrected chi connectivity index (χ0v) is 17.3. The molecule has 0 fully saturated rings. The molecule has 1 aliphatic rings. The van der Waals surface area contributed by atoms with E-state index in [1.807, 2.05) is 42.5 Å². The second kappa shape index (κ2) is 7.97. The van der Waals surface area contributed by atoms with Crippen LogP contribution in [0, 0.1) is 5.82 Å². The highest BCUT2D eigenvalue weighted by Crippen LogP contribution is 2.33. The number of ether oxygens (including phenoxy) is 2. The maximum absolute atomic E-state index is 13.3. The second-order valence-electron chi connectivity index (χ2n) is 6.77. The molecule has 7 heteroatoms. The Morgan fingerprint density at radius 1 is 0.967 bits per heavy atom. The number of halogens is 2. The van der Waals surface area contributed by atoms with E-state index < -0.39 is 0 Å². The van der Waals surface area contributed by atoms with Crippen molar-refractivity contribution in [3.63, 3.8) is 0 Å². The number of nitrogens with zero attached hydrogens (tertiary/aromatic N) is 2. The van der Waals surface area contributed by atoms with Crippen molar-refractivity contribution in [3.8, 4) is 22.8 Å². The van der Waals surface area contributed by atoms with Gasteiger partial charge in [-0.2, -0.15) is 0 Å². The highest BCUT2D eigenvalue weighted by Gasteiger charge is 2.15. The summed E-state index contributed by atoms with van der Waals surface area (Å²) in [6, 6.07) is 19.8. The minimum atomic E-state index is -0.282. The van der Waals surface area contributed by atoms with E-state index in [2.05, 4.69) is 9.95 Å². The first-order valence-electron chi connectivity index (χ1n) is 9.29. The molecule has 1 aromatic heterocycles. The second-order valence-corrected chi connectivity index (χ2v) is 8.05. The molecule has 30 heavy (non-hydrogen) atoms. The van der Waals surface area contributed by atoms with E-state index in [1.54, 1.807) is 12.1 Å². The predicted octanol–water partition coefficient (Wildman–Crippen LogP) is 6.02. The van der Waals surface area contributed by atoms with Crippen LogP contribution in [0.3, 0.4) is 0 Å². The van der Waals surface area contributed by atoms with Crippen LogP contribution >= 0.6 is 22.9 Å². The summed E-state index contributed by atoms with van der Waals surface area (Å²) in [4.78, 5) is 5.56. The number of hydrogen-bond donors (Lipinski definition) is 0. The van der Waals surface area contributed by atoms with E-state index in [1.165, 1.54) is 23.5 Å². The van der Waals surface area contributed by atoms with Crippen molar-refractivity contribution >= 4 is 28.6 Å². The van der Waals surface area contributed by atoms with Gasteiger partial charge >= 0.3 is 0 Å². The third-order valence-electron chi connectivity index (χ3n) is 4.77. The summed E-state index contributed by atoms with van der Waals surface area (Å²) in [5.41, 5.74) is 3.82. The Morgan fingerprint density at radius 3 is 2.53 bits per heavy atom. The molecular formula is C23H16ClFN2O2S. The van der Waals surface area contributed by atoms with Crippen LogP contribution in [-0.4, -0.2) is 11.4 Å². The van der Waals surface area contributed by atoms with Crippen LogP contribution in [-0.2, 0) is 6.54 Å². The number of aromatic nitrogens is 1. The molecule has 150 valence electrons. The van der Waals surface area contributed by atoms with E-state index in [9.17, 15) is 4.39 Å². The van der Waals surface area contributed by atoms with Crippen LogP contribution in [0.5, 0.6) is 11.5 Å². The molecule has 0 amide bonds. The van der Waals surface area contributed by atoms with Crippen molar-refractivity contribution in [2.75, 3.05) is 6.79 Å². The molecule has 0 bridgehead atoms. The molecular weight excluding hydrogens is 423 g/mol. The van der Waals surface area contributed by atoms with Gasteiger partial charge in [0.15, 0.2) is 16.3 Å². The third-order valence-corrected chi connectivity index (χ3v) is 5.88. The van der Waals surface area contributed by atoms with Gasteiger partial charge in [-0.05, 0) is 59.7 Å². The monoisotopic (exact) mass is 438 g/mol. The zero-order chi connectivity index (χ0) is 20.5. The number of benzene rings is 3. The van der Waals surface area contributed by atoms with Gasteiger partial charge in [0.1, 0.15) is 5.82 Å². The van der Waals surface area contributed by atoms with Crippen LogP contribution in [0.15, 0.2) is 77.1 Å². The van der Waals surface area contributed by atoms with Gasteiger partial charge in [0, 0.05) is 10.4 Å². The lowest BCUT2D eigenvalue weighted by atomic mass is 10.1. The fraction of sp³-hybridized carbons (Fsp3) is 0.0870. The Balaban J connectivity index is 1.60. The van der Waals surface area contributed by atoms with Crippen LogP contribution in [0.2, 0.25) is 5.02 Å². The van der Waals surface area contributed by atoms with Crippen molar-refractivity contribution in [3.05, 3.63) is 93.3 Å². The molecule has 3 aromatic carbocycles. The van der Waals surface area contributed by atoms with E-state index in [4.69, 9.17) is 26.1 Å². The smallest absolute Gasteiger partial charge is 0.231 e. The Labute approximate surface area is 181 Å². The third kappa shape index (κ3) is 3.84. The fourth-order valence-electron chi connectivity index (χ4n) is 3.27. The number of hydrogen-bond acceptors (Lipinski definition) is 4. The largest absolute Gasteiger partial charge is 0.454 e. The molecule has 0 unspecified atom stereocenters. The molecule has 0 atom stereocenters. The summed E-state index contributed by atoms with van der Waals surface area (Å²) in [7, 11) is 0. The lowest BCUT2D eigenvalue weighted by Crippen LogP contribution is -2.16. The first-order chi connectivity index (χ1) is 14.7. The summed E-state index contributed by atoms with van der Waals surface area (Å²) < 4.78 is 26.4. The van der Waals surface area contributed by atoms with Gasteiger partial charge in [-0.15, -0.1) is 11.3 Å². The quantitative estimate of drug-likeness (QED) is 0.390. The van der Waals surface area contributed by atoms with Crippen LogP contribution in [0.1, 0.15) is 5.56 Å². The predicted molar refractivity (Wildman–Crippen MR) is 116 cm³/mol. The summed E-state index contributed by atoms with van der Waals surface area (Å²) in [5, 5.41) is 2.76. The maximum atomic E-state index is 13.3. The van der Waals surface area contributed by atoms with Crippen molar-refractivity contribution in [1.29, 1.82) is 0 Å². The van der Waals surface area contributed by atoms with Gasteiger partial charge < -0.3 is 14.0 Å². The molecule has 1 aliphatic heterocycles. The molecule has 2 heterocycles. The number of rotatable bonds is 4. The molecule has 0 radical (unpaired) electrons. The highest BCUT2D eigenvalue weighted by molar-refractivity contribution is 7.07. The molecule has 0 N–H and O–H groups in total. The van der Waals surface area contributed by atoms with Crippen LogP contribution in [0.25, 0.3) is 11.3 Å². The van der Waals surface area contributed by atoms with Gasteiger partial charge in [0.2, 0.25) is 6.79 Å². The molecule has 0 saturated carbocycles. The van der Waals surface area contributed by atoms with E-state index in [0.29, 0.717) is 17.3 Å². The average Bonchev–Trinajstić information content (AvgIpc) is 3.37. The lowest BCUT2D eigenvalue weighted by molar-refractivity contribution is 0.174. The Kier molecular flexibility index (Phi) is 5.02. The summed E-state index contributed by atoms with van der Waals surface area (Å²) in [5.74, 6) is 1.21.